The zero-order valence-electron chi connectivity index (χ0n) is 10.1. The van der Waals surface area contributed by atoms with Crippen LogP contribution in [0.1, 0.15) is 39.0 Å². The average Bonchev–Trinajstić information content (AvgIpc) is 2.64. The lowest BCUT2D eigenvalue weighted by Crippen LogP contribution is -2.54. The van der Waals surface area contributed by atoms with Crippen LogP contribution < -0.4 is 5.14 Å². The predicted octanol–water partition coefficient (Wildman–Crippen LogP) is 1.42. The summed E-state index contributed by atoms with van der Waals surface area (Å²) in [6, 6.07) is 0. The van der Waals surface area contributed by atoms with Crippen LogP contribution in [0.2, 0.25) is 0 Å². The largest absolute Gasteiger partial charge is 0.333 e. The molecule has 0 aromatic carbocycles. The fraction of sp³-hybridized carbons (Fsp3) is 1.00. The topological polar surface area (TPSA) is 69.4 Å². The third-order valence-electron chi connectivity index (χ3n) is 6.05. The van der Waals surface area contributed by atoms with Crippen LogP contribution in [0.15, 0.2) is 0 Å². The lowest BCUT2D eigenvalue weighted by molar-refractivity contribution is -0.110. The van der Waals surface area contributed by atoms with Crippen LogP contribution in [0.25, 0.3) is 0 Å². The van der Waals surface area contributed by atoms with Crippen molar-refractivity contribution in [2.24, 2.45) is 34.2 Å². The standard InChI is InChI=1S/C12H19NO3S/c1-7-10-9-2-8-3-11(5-9,16-17(13,14)15)6-12(7,10)4-8/h7-10H,2-6H2,1H3,(H2,13,14,15)/t7?,8?,9?,10-,11-,12?/m0/s1. The number of hydrogen-bond acceptors (Lipinski definition) is 3. The Morgan fingerprint density at radius 2 is 2.06 bits per heavy atom. The molecule has 4 bridgehead atoms. The summed E-state index contributed by atoms with van der Waals surface area (Å²) in [5.41, 5.74) is -0.0323. The van der Waals surface area contributed by atoms with Gasteiger partial charge < -0.3 is 0 Å². The minimum Gasteiger partial charge on any atom is -0.252 e. The van der Waals surface area contributed by atoms with E-state index in [4.69, 9.17) is 9.32 Å². The molecular weight excluding hydrogens is 238 g/mol. The molecule has 5 aliphatic rings. The molecule has 0 amide bonds. The summed E-state index contributed by atoms with van der Waals surface area (Å²) in [7, 11) is -3.81. The zero-order chi connectivity index (χ0) is 12.1. The van der Waals surface area contributed by atoms with E-state index in [0.717, 1.165) is 31.1 Å². The second-order valence-electron chi connectivity index (χ2n) is 6.96. The van der Waals surface area contributed by atoms with Crippen molar-refractivity contribution in [1.82, 2.24) is 0 Å². The molecule has 5 rings (SSSR count). The van der Waals surface area contributed by atoms with Gasteiger partial charge in [-0.05, 0) is 61.2 Å². The minimum atomic E-state index is -3.81. The number of hydrogen-bond donors (Lipinski definition) is 1. The summed E-state index contributed by atoms with van der Waals surface area (Å²) in [6.45, 7) is 2.33. The van der Waals surface area contributed by atoms with Gasteiger partial charge in [0, 0.05) is 0 Å². The second-order valence-corrected chi connectivity index (χ2v) is 8.11. The normalized spacial score (nSPS) is 59.2. The first-order valence-corrected chi connectivity index (χ1v) is 8.04. The summed E-state index contributed by atoms with van der Waals surface area (Å²) >= 11 is 0. The van der Waals surface area contributed by atoms with Crippen molar-refractivity contribution in [3.05, 3.63) is 0 Å². The van der Waals surface area contributed by atoms with Crippen LogP contribution in [0.5, 0.6) is 0 Å². The summed E-state index contributed by atoms with van der Waals surface area (Å²) in [6.07, 6.45) is 5.32. The molecule has 0 radical (unpaired) electrons. The van der Waals surface area contributed by atoms with Gasteiger partial charge in [0.15, 0.2) is 0 Å². The maximum Gasteiger partial charge on any atom is 0.333 e. The van der Waals surface area contributed by atoms with Crippen molar-refractivity contribution in [3.63, 3.8) is 0 Å². The van der Waals surface area contributed by atoms with E-state index in [2.05, 4.69) is 6.92 Å². The van der Waals surface area contributed by atoms with Gasteiger partial charge >= 0.3 is 10.3 Å². The van der Waals surface area contributed by atoms with Crippen LogP contribution >= 0.6 is 0 Å². The molecule has 96 valence electrons. The first-order valence-electron chi connectivity index (χ1n) is 6.57. The van der Waals surface area contributed by atoms with Gasteiger partial charge in [-0.1, -0.05) is 6.92 Å². The molecule has 0 saturated heterocycles. The molecule has 4 unspecified atom stereocenters. The third-order valence-corrected chi connectivity index (χ3v) is 6.64. The molecule has 0 aromatic heterocycles. The highest BCUT2D eigenvalue weighted by Gasteiger charge is 2.75. The Hall–Kier alpha value is -0.130. The Labute approximate surface area is 102 Å². The lowest BCUT2D eigenvalue weighted by atomic mass is 9.54. The van der Waals surface area contributed by atoms with Gasteiger partial charge in [0.2, 0.25) is 0 Å². The van der Waals surface area contributed by atoms with E-state index < -0.39 is 15.9 Å². The average molecular weight is 257 g/mol. The van der Waals surface area contributed by atoms with Crippen LogP contribution in [-0.4, -0.2) is 14.0 Å². The van der Waals surface area contributed by atoms with Gasteiger partial charge in [-0.15, -0.1) is 0 Å². The van der Waals surface area contributed by atoms with Crippen LogP contribution in [0.3, 0.4) is 0 Å². The highest BCUT2D eigenvalue weighted by atomic mass is 32.2. The molecule has 0 heterocycles. The van der Waals surface area contributed by atoms with Crippen molar-refractivity contribution in [2.45, 2.75) is 44.6 Å². The Morgan fingerprint density at radius 1 is 1.29 bits per heavy atom. The van der Waals surface area contributed by atoms with Crippen molar-refractivity contribution in [2.75, 3.05) is 0 Å². The van der Waals surface area contributed by atoms with Gasteiger partial charge in [0.1, 0.15) is 0 Å². The Morgan fingerprint density at radius 3 is 2.71 bits per heavy atom. The summed E-state index contributed by atoms with van der Waals surface area (Å²) < 4.78 is 27.9. The Kier molecular flexibility index (Phi) is 1.73. The molecule has 1 spiro atoms. The van der Waals surface area contributed by atoms with Gasteiger partial charge in [-0.2, -0.15) is 8.42 Å². The lowest BCUT2D eigenvalue weighted by Gasteiger charge is -2.55. The van der Waals surface area contributed by atoms with Crippen LogP contribution in [0, 0.1) is 29.1 Å². The zero-order valence-corrected chi connectivity index (χ0v) is 10.9. The molecule has 4 nitrogen and oxygen atoms in total. The van der Waals surface area contributed by atoms with Crippen LogP contribution in [-0.2, 0) is 14.5 Å². The van der Waals surface area contributed by atoms with Crippen molar-refractivity contribution in [1.29, 1.82) is 0 Å². The van der Waals surface area contributed by atoms with Gasteiger partial charge in [-0.25, -0.2) is 5.14 Å². The van der Waals surface area contributed by atoms with E-state index in [0.29, 0.717) is 17.3 Å². The monoisotopic (exact) mass is 257 g/mol. The SMILES string of the molecule is CC1[C@H]2C3CC4CC12C[C@](OS(N)(=O)=O)(C4)C3. The molecule has 5 aliphatic carbocycles. The van der Waals surface area contributed by atoms with E-state index in [9.17, 15) is 8.42 Å². The van der Waals surface area contributed by atoms with Crippen molar-refractivity contribution in [3.8, 4) is 0 Å². The molecule has 5 fully saturated rings. The number of nitrogens with two attached hydrogens (primary N) is 1. The summed E-state index contributed by atoms with van der Waals surface area (Å²) in [5.74, 6) is 2.97. The Balaban J connectivity index is 1.72. The van der Waals surface area contributed by atoms with E-state index in [1.807, 2.05) is 0 Å². The summed E-state index contributed by atoms with van der Waals surface area (Å²) in [4.78, 5) is 0. The molecule has 2 N–H and O–H groups in total. The molecule has 5 heteroatoms. The minimum absolute atomic E-state index is 0.411. The van der Waals surface area contributed by atoms with E-state index in [-0.39, 0.29) is 0 Å². The quantitative estimate of drug-likeness (QED) is 0.813. The smallest absolute Gasteiger partial charge is 0.252 e. The third kappa shape index (κ3) is 1.28. The molecular formula is C12H19NO3S. The van der Waals surface area contributed by atoms with Gasteiger partial charge in [0.25, 0.3) is 0 Å². The maximum atomic E-state index is 11.3. The highest BCUT2D eigenvalue weighted by molar-refractivity contribution is 7.84. The molecule has 0 aromatic rings. The fourth-order valence-electron chi connectivity index (χ4n) is 6.02. The maximum absolute atomic E-state index is 11.3. The fourth-order valence-corrected chi connectivity index (χ4v) is 6.71. The molecule has 17 heavy (non-hydrogen) atoms. The van der Waals surface area contributed by atoms with Gasteiger partial charge in [0.05, 0.1) is 5.60 Å². The predicted molar refractivity (Wildman–Crippen MR) is 62.1 cm³/mol. The highest BCUT2D eigenvalue weighted by Crippen LogP contribution is 2.79. The van der Waals surface area contributed by atoms with Crippen molar-refractivity contribution >= 4 is 10.3 Å². The molecule has 5 saturated carbocycles. The van der Waals surface area contributed by atoms with E-state index in [1.165, 1.54) is 12.8 Å². The Bertz CT molecular complexity index is 490. The van der Waals surface area contributed by atoms with E-state index in [1.54, 1.807) is 0 Å². The number of rotatable bonds is 2. The van der Waals surface area contributed by atoms with Crippen molar-refractivity contribution < 1.29 is 12.6 Å². The van der Waals surface area contributed by atoms with E-state index >= 15 is 0 Å². The van der Waals surface area contributed by atoms with Crippen LogP contribution in [0.4, 0.5) is 0 Å². The second kappa shape index (κ2) is 2.73. The molecule has 6 atom stereocenters. The first kappa shape index (κ1) is 10.8. The molecule has 0 aliphatic heterocycles. The summed E-state index contributed by atoms with van der Waals surface area (Å²) in [5, 5.41) is 5.10. The first-order chi connectivity index (χ1) is 7.84. The van der Waals surface area contributed by atoms with Gasteiger partial charge in [-0.3, -0.25) is 4.18 Å².